The third kappa shape index (κ3) is 4.78. The molecule has 3 aromatic rings. The van der Waals surface area contributed by atoms with E-state index in [2.05, 4.69) is 74.3 Å². The summed E-state index contributed by atoms with van der Waals surface area (Å²) in [5.41, 5.74) is 0.217. The summed E-state index contributed by atoms with van der Waals surface area (Å²) < 4.78 is 14.8. The molecule has 1 saturated heterocycles. The van der Waals surface area contributed by atoms with Crippen LogP contribution in [0.1, 0.15) is 46.0 Å². The van der Waals surface area contributed by atoms with Gasteiger partial charge in [0.2, 0.25) is 0 Å². The van der Waals surface area contributed by atoms with E-state index in [4.69, 9.17) is 9.16 Å². The Morgan fingerprint density at radius 1 is 1.03 bits per heavy atom. The van der Waals surface area contributed by atoms with Gasteiger partial charge in [0.25, 0.3) is 8.32 Å². The number of aliphatic hydroxyl groups excluding tert-OH is 1. The molecule has 0 spiro atoms. The summed E-state index contributed by atoms with van der Waals surface area (Å²) in [5, 5.41) is 13.4. The molecule has 2 heterocycles. The fourth-order valence-electron chi connectivity index (χ4n) is 5.35. The van der Waals surface area contributed by atoms with Crippen molar-refractivity contribution in [3.63, 3.8) is 0 Å². The van der Waals surface area contributed by atoms with E-state index >= 15 is 0 Å². The molecule has 7 heteroatoms. The lowest BCUT2D eigenvalue weighted by Gasteiger charge is -2.43. The van der Waals surface area contributed by atoms with Crippen molar-refractivity contribution in [3.05, 3.63) is 89.1 Å². The Hall–Kier alpha value is -2.58. The molecule has 0 radical (unpaired) electrons. The first-order valence-electron chi connectivity index (χ1n) is 12.3. The molecule has 1 aliphatic rings. The van der Waals surface area contributed by atoms with E-state index < -0.39 is 26.3 Å². The third-order valence-electron chi connectivity index (χ3n) is 7.12. The Kier molecular flexibility index (Phi) is 7.42. The summed E-state index contributed by atoms with van der Waals surface area (Å²) in [4.78, 5) is 16.5. The average molecular weight is 493 g/mol. The van der Waals surface area contributed by atoms with Crippen molar-refractivity contribution in [3.8, 4) is 0 Å². The molecule has 1 fully saturated rings. The Balaban J connectivity index is 1.70. The number of hydrogen-bond donors (Lipinski definition) is 1. The lowest BCUT2D eigenvalue weighted by atomic mass is 9.95. The topological polar surface area (TPSA) is 73.6 Å². The number of nitrogens with zero attached hydrogens (tertiary/aromatic N) is 2. The molecule has 0 bridgehead atoms. The smallest absolute Gasteiger partial charge is 0.349 e. The fourth-order valence-corrected chi connectivity index (χ4v) is 9.92. The number of ether oxygens (including phenoxy) is 1. The SMILES string of the molecule is CC[C@H]1[C@@H](O)[C@H](n2ccc(C)nc2=O)O[C@@H]1CO[Si](c1ccccc1)(c1ccccc1)C(C)(C)C. The molecule has 2 aromatic carbocycles. The molecule has 4 atom stereocenters. The Morgan fingerprint density at radius 3 is 2.09 bits per heavy atom. The van der Waals surface area contributed by atoms with E-state index in [0.717, 1.165) is 0 Å². The summed E-state index contributed by atoms with van der Waals surface area (Å²) in [6.45, 7) is 10.8. The van der Waals surface area contributed by atoms with Crippen LogP contribution in [0.4, 0.5) is 0 Å². The first-order valence-corrected chi connectivity index (χ1v) is 14.2. The third-order valence-corrected chi connectivity index (χ3v) is 12.1. The van der Waals surface area contributed by atoms with Gasteiger partial charge in [0.1, 0.15) is 6.10 Å². The van der Waals surface area contributed by atoms with Gasteiger partial charge in [0, 0.05) is 17.8 Å². The van der Waals surface area contributed by atoms with E-state index in [1.54, 1.807) is 19.2 Å². The molecule has 0 aliphatic carbocycles. The maximum atomic E-state index is 12.5. The van der Waals surface area contributed by atoms with E-state index in [1.165, 1.54) is 14.9 Å². The highest BCUT2D eigenvalue weighted by Gasteiger charge is 2.52. The largest absolute Gasteiger partial charge is 0.405 e. The van der Waals surface area contributed by atoms with Gasteiger partial charge >= 0.3 is 5.69 Å². The van der Waals surface area contributed by atoms with Gasteiger partial charge in [-0.1, -0.05) is 88.4 Å². The molecule has 4 rings (SSSR count). The highest BCUT2D eigenvalue weighted by atomic mass is 28.4. The predicted octanol–water partition coefficient (Wildman–Crippen LogP) is 3.41. The van der Waals surface area contributed by atoms with Crippen molar-refractivity contribution in [1.29, 1.82) is 0 Å². The van der Waals surface area contributed by atoms with E-state index in [0.29, 0.717) is 18.7 Å². The van der Waals surface area contributed by atoms with Gasteiger partial charge in [-0.15, -0.1) is 0 Å². The number of hydrogen-bond acceptors (Lipinski definition) is 5. The van der Waals surface area contributed by atoms with Crippen molar-refractivity contribution >= 4 is 18.7 Å². The minimum atomic E-state index is -2.74. The molecule has 35 heavy (non-hydrogen) atoms. The molecular weight excluding hydrogens is 456 g/mol. The lowest BCUT2D eigenvalue weighted by molar-refractivity contribution is -0.0515. The molecule has 186 valence electrons. The van der Waals surface area contributed by atoms with Crippen LogP contribution < -0.4 is 16.1 Å². The first-order chi connectivity index (χ1) is 16.7. The minimum absolute atomic E-state index is 0.161. The second kappa shape index (κ2) is 10.2. The Labute approximate surface area is 208 Å². The van der Waals surface area contributed by atoms with Gasteiger partial charge in [0.05, 0.1) is 12.7 Å². The fraction of sp³-hybridized carbons (Fsp3) is 0.429. The molecular formula is C28H36N2O4Si. The van der Waals surface area contributed by atoms with Gasteiger partial charge in [-0.25, -0.2) is 4.79 Å². The number of aliphatic hydroxyl groups is 1. The van der Waals surface area contributed by atoms with Gasteiger partial charge in [-0.2, -0.15) is 4.98 Å². The summed E-state index contributed by atoms with van der Waals surface area (Å²) >= 11 is 0. The summed E-state index contributed by atoms with van der Waals surface area (Å²) in [5.74, 6) is -0.161. The second-order valence-corrected chi connectivity index (χ2v) is 14.7. The molecule has 0 unspecified atom stereocenters. The van der Waals surface area contributed by atoms with E-state index in [-0.39, 0.29) is 17.1 Å². The Morgan fingerprint density at radius 2 is 1.60 bits per heavy atom. The van der Waals surface area contributed by atoms with Crippen molar-refractivity contribution in [2.45, 2.75) is 64.5 Å². The summed E-state index contributed by atoms with van der Waals surface area (Å²) in [6, 6.07) is 22.7. The quantitative estimate of drug-likeness (QED) is 0.512. The van der Waals surface area contributed by atoms with Crippen LogP contribution in [0, 0.1) is 12.8 Å². The summed E-state index contributed by atoms with van der Waals surface area (Å²) in [7, 11) is -2.74. The van der Waals surface area contributed by atoms with Crippen LogP contribution in [-0.2, 0) is 9.16 Å². The van der Waals surface area contributed by atoms with E-state index in [9.17, 15) is 9.90 Å². The molecule has 6 nitrogen and oxygen atoms in total. The van der Waals surface area contributed by atoms with Crippen molar-refractivity contribution < 1.29 is 14.3 Å². The zero-order valence-corrected chi connectivity index (χ0v) is 22.2. The molecule has 0 saturated carbocycles. The number of benzene rings is 2. The monoisotopic (exact) mass is 492 g/mol. The average Bonchev–Trinajstić information content (AvgIpc) is 3.15. The van der Waals surface area contributed by atoms with Crippen LogP contribution >= 0.6 is 0 Å². The zero-order chi connectivity index (χ0) is 25.2. The van der Waals surface area contributed by atoms with Crippen LogP contribution in [0.15, 0.2) is 77.7 Å². The maximum absolute atomic E-state index is 12.5. The molecule has 1 N–H and O–H groups in total. The van der Waals surface area contributed by atoms with Crippen LogP contribution in [0.3, 0.4) is 0 Å². The van der Waals surface area contributed by atoms with Gasteiger partial charge in [0.15, 0.2) is 6.23 Å². The van der Waals surface area contributed by atoms with Crippen molar-refractivity contribution in [2.24, 2.45) is 5.92 Å². The van der Waals surface area contributed by atoms with Crippen molar-refractivity contribution in [2.75, 3.05) is 6.61 Å². The first kappa shape index (κ1) is 25.5. The standard InChI is InChI=1S/C28H36N2O4Si/c1-6-23-24(34-26(25(23)31)30-18-17-20(2)29-27(30)32)19-33-35(28(3,4)5,21-13-9-7-10-14-21)22-15-11-8-12-16-22/h7-18,23-26,31H,6,19H2,1-5H3/t23-,24-,25-,26-/m1/s1. The lowest BCUT2D eigenvalue weighted by Crippen LogP contribution is -2.67. The normalized spacial score (nSPS) is 22.9. The highest BCUT2D eigenvalue weighted by Crippen LogP contribution is 2.39. The summed E-state index contributed by atoms with van der Waals surface area (Å²) in [6.07, 6.45) is 0.398. The Bertz CT molecular complexity index is 1140. The number of aromatic nitrogens is 2. The number of aryl methyl sites for hydroxylation is 1. The molecule has 0 amide bonds. The van der Waals surface area contributed by atoms with Crippen LogP contribution in [0.25, 0.3) is 0 Å². The van der Waals surface area contributed by atoms with Gasteiger partial charge < -0.3 is 14.3 Å². The second-order valence-electron chi connectivity index (χ2n) is 10.4. The molecule has 1 aliphatic heterocycles. The van der Waals surface area contributed by atoms with Crippen molar-refractivity contribution in [1.82, 2.24) is 9.55 Å². The highest BCUT2D eigenvalue weighted by molar-refractivity contribution is 6.99. The minimum Gasteiger partial charge on any atom is -0.405 e. The zero-order valence-electron chi connectivity index (χ0n) is 21.2. The number of rotatable bonds is 7. The van der Waals surface area contributed by atoms with Crippen LogP contribution in [0.5, 0.6) is 0 Å². The predicted molar refractivity (Wildman–Crippen MR) is 141 cm³/mol. The van der Waals surface area contributed by atoms with Gasteiger partial charge in [-0.3, -0.25) is 4.57 Å². The molecule has 1 aromatic heterocycles. The van der Waals surface area contributed by atoms with E-state index in [1.807, 2.05) is 19.1 Å². The van der Waals surface area contributed by atoms with Gasteiger partial charge in [-0.05, 0) is 34.8 Å². The van der Waals surface area contributed by atoms with Crippen LogP contribution in [0.2, 0.25) is 5.04 Å². The van der Waals surface area contributed by atoms with Crippen LogP contribution in [-0.4, -0.2) is 41.8 Å². The maximum Gasteiger partial charge on any atom is 0.349 e.